The normalized spacial score (nSPS) is 10.9. The van der Waals surface area contributed by atoms with Gasteiger partial charge in [0, 0.05) is 29.1 Å². The van der Waals surface area contributed by atoms with Gasteiger partial charge in [0.25, 0.3) is 11.6 Å². The molecule has 0 spiro atoms. The molecule has 0 fully saturated rings. The molecule has 0 aliphatic heterocycles. The summed E-state index contributed by atoms with van der Waals surface area (Å²) in [6.07, 6.45) is 3.63. The Labute approximate surface area is 204 Å². The van der Waals surface area contributed by atoms with E-state index < -0.39 is 10.8 Å². The molecule has 0 bridgehead atoms. The zero-order valence-electron chi connectivity index (χ0n) is 18.8. The molecule has 0 aliphatic rings. The Morgan fingerprint density at radius 2 is 2.00 bits per heavy atom. The number of aryl methyl sites for hydroxylation is 3. The third-order valence-corrected chi connectivity index (χ3v) is 7.08. The maximum atomic E-state index is 12.8. The van der Waals surface area contributed by atoms with E-state index in [9.17, 15) is 14.9 Å². The second-order valence-corrected chi connectivity index (χ2v) is 9.80. The van der Waals surface area contributed by atoms with Crippen molar-refractivity contribution in [3.8, 4) is 11.3 Å². The van der Waals surface area contributed by atoms with E-state index in [1.54, 1.807) is 23.7 Å². The minimum Gasteiger partial charge on any atom is -0.311 e. The van der Waals surface area contributed by atoms with Crippen LogP contribution in [0.25, 0.3) is 11.3 Å². The lowest BCUT2D eigenvalue weighted by Gasteiger charge is -2.06. The van der Waals surface area contributed by atoms with Gasteiger partial charge in [-0.1, -0.05) is 37.6 Å². The first kappa shape index (κ1) is 23.6. The molecule has 2 aromatic heterocycles. The Kier molecular flexibility index (Phi) is 7.03. The van der Waals surface area contributed by atoms with Crippen molar-refractivity contribution < 1.29 is 9.72 Å². The summed E-state index contributed by atoms with van der Waals surface area (Å²) in [4.78, 5) is 29.9. The molecule has 4 rings (SSSR count). The Bertz CT molecular complexity index is 1350. The van der Waals surface area contributed by atoms with Crippen LogP contribution >= 0.6 is 23.1 Å². The molecule has 11 heteroatoms. The first-order valence-electron chi connectivity index (χ1n) is 10.5. The molecule has 2 aromatic carbocycles. The molecule has 4 aromatic rings. The Balaban J connectivity index is 1.53. The molecule has 0 saturated heterocycles. The predicted molar refractivity (Wildman–Crippen MR) is 132 cm³/mol. The van der Waals surface area contributed by atoms with Crippen LogP contribution in [-0.4, -0.2) is 30.6 Å². The van der Waals surface area contributed by atoms with Gasteiger partial charge in [-0.25, -0.2) is 4.98 Å². The van der Waals surface area contributed by atoms with Gasteiger partial charge < -0.3 is 4.57 Å². The molecule has 9 nitrogen and oxygen atoms in total. The highest BCUT2D eigenvalue weighted by Gasteiger charge is 2.21. The molecule has 0 aliphatic carbocycles. The molecule has 0 unspecified atom stereocenters. The summed E-state index contributed by atoms with van der Waals surface area (Å²) in [5.41, 5.74) is 3.06. The van der Waals surface area contributed by atoms with E-state index in [2.05, 4.69) is 39.6 Å². The van der Waals surface area contributed by atoms with Gasteiger partial charge in [0.1, 0.15) is 6.33 Å². The van der Waals surface area contributed by atoms with Crippen molar-refractivity contribution in [2.24, 2.45) is 7.05 Å². The number of thiazole rings is 1. The lowest BCUT2D eigenvalue weighted by molar-refractivity contribution is -0.387. The molecular formula is C23H22N6O3S2. The van der Waals surface area contributed by atoms with Crippen molar-refractivity contribution >= 4 is 39.8 Å². The average molecular weight is 495 g/mol. The van der Waals surface area contributed by atoms with Crippen LogP contribution in [0, 0.1) is 17.0 Å². The van der Waals surface area contributed by atoms with Gasteiger partial charge >= 0.3 is 0 Å². The molecule has 0 atom stereocenters. The first-order valence-corrected chi connectivity index (χ1v) is 12.2. The van der Waals surface area contributed by atoms with Crippen molar-refractivity contribution in [2.75, 3.05) is 5.32 Å². The number of nitro groups is 1. The summed E-state index contributed by atoms with van der Waals surface area (Å²) in [7, 11) is 1.75. The highest BCUT2D eigenvalue weighted by atomic mass is 32.2. The summed E-state index contributed by atoms with van der Waals surface area (Å²) in [6, 6.07) is 12.6. The highest BCUT2D eigenvalue weighted by Crippen LogP contribution is 2.35. The fourth-order valence-electron chi connectivity index (χ4n) is 3.36. The lowest BCUT2D eigenvalue weighted by Crippen LogP contribution is -2.12. The number of nitrogens with zero attached hydrogens (tertiary/aromatic N) is 5. The van der Waals surface area contributed by atoms with Crippen LogP contribution in [0.3, 0.4) is 0 Å². The number of amides is 1. The topological polar surface area (TPSA) is 116 Å². The third kappa shape index (κ3) is 5.15. The molecule has 0 radical (unpaired) electrons. The van der Waals surface area contributed by atoms with Crippen molar-refractivity contribution in [1.29, 1.82) is 0 Å². The Hall–Kier alpha value is -3.57. The number of anilines is 1. The third-order valence-electron chi connectivity index (χ3n) is 5.07. The number of rotatable bonds is 8. The number of carbonyl (C=O) groups excluding carboxylic acids is 1. The SMILES string of the molecule is CCCc1ccc(-c2nc(NC(=O)c3ccc(Sc4nncn4C)c([N+](=O)[O-])c3)sc2C)cc1. The summed E-state index contributed by atoms with van der Waals surface area (Å²) in [6.45, 7) is 4.10. The number of benzene rings is 2. The minimum absolute atomic E-state index is 0.173. The second-order valence-electron chi connectivity index (χ2n) is 7.59. The number of aromatic nitrogens is 4. The Morgan fingerprint density at radius 3 is 2.65 bits per heavy atom. The number of nitrogens with one attached hydrogen (secondary N) is 1. The van der Waals surface area contributed by atoms with Gasteiger partial charge in [0.2, 0.25) is 0 Å². The van der Waals surface area contributed by atoms with Gasteiger partial charge in [-0.15, -0.1) is 21.5 Å². The number of nitro benzene ring substituents is 1. The van der Waals surface area contributed by atoms with Crippen LogP contribution in [-0.2, 0) is 13.5 Å². The van der Waals surface area contributed by atoms with Gasteiger partial charge in [-0.05, 0) is 42.8 Å². The molecule has 1 amide bonds. The van der Waals surface area contributed by atoms with Gasteiger partial charge in [-0.2, -0.15) is 0 Å². The zero-order valence-corrected chi connectivity index (χ0v) is 20.4. The van der Waals surface area contributed by atoms with Crippen molar-refractivity contribution in [2.45, 2.75) is 36.7 Å². The molecular weight excluding hydrogens is 472 g/mol. The highest BCUT2D eigenvalue weighted by molar-refractivity contribution is 7.99. The summed E-state index contributed by atoms with van der Waals surface area (Å²) in [5, 5.41) is 23.1. The first-order chi connectivity index (χ1) is 16.4. The van der Waals surface area contributed by atoms with Gasteiger partial charge in [-0.3, -0.25) is 20.2 Å². The monoisotopic (exact) mass is 494 g/mol. The van der Waals surface area contributed by atoms with Crippen LogP contribution in [0.4, 0.5) is 10.8 Å². The number of hydrogen-bond acceptors (Lipinski definition) is 8. The number of hydrogen-bond donors (Lipinski definition) is 1. The van der Waals surface area contributed by atoms with E-state index in [1.165, 1.54) is 29.3 Å². The van der Waals surface area contributed by atoms with Crippen molar-refractivity contribution in [1.82, 2.24) is 19.7 Å². The summed E-state index contributed by atoms with van der Waals surface area (Å²) in [5.74, 6) is -0.461. The average Bonchev–Trinajstić information content (AvgIpc) is 3.39. The minimum atomic E-state index is -0.511. The van der Waals surface area contributed by atoms with E-state index in [0.29, 0.717) is 15.2 Å². The lowest BCUT2D eigenvalue weighted by atomic mass is 10.1. The molecule has 2 heterocycles. The molecule has 34 heavy (non-hydrogen) atoms. The molecule has 1 N–H and O–H groups in total. The van der Waals surface area contributed by atoms with Crippen LogP contribution < -0.4 is 5.32 Å². The van der Waals surface area contributed by atoms with E-state index in [4.69, 9.17) is 0 Å². The summed E-state index contributed by atoms with van der Waals surface area (Å²) < 4.78 is 1.66. The van der Waals surface area contributed by atoms with Gasteiger partial charge in [0.15, 0.2) is 10.3 Å². The molecule has 0 saturated carbocycles. The standard InChI is InChI=1S/C23H22N6O3S2/c1-4-5-15-6-8-16(9-7-15)20-14(2)33-22(25-20)26-21(30)17-10-11-19(18(12-17)29(31)32)34-23-27-24-13-28(23)3/h6-13H,4-5H2,1-3H3,(H,25,26,30). The second kappa shape index (κ2) is 10.1. The quantitative estimate of drug-likeness (QED) is 0.253. The maximum absolute atomic E-state index is 12.8. The Morgan fingerprint density at radius 1 is 1.24 bits per heavy atom. The fourth-order valence-corrected chi connectivity index (χ4v) is 5.04. The van der Waals surface area contributed by atoms with Crippen LogP contribution in [0.15, 0.2) is 58.8 Å². The van der Waals surface area contributed by atoms with Crippen molar-refractivity contribution in [3.05, 3.63) is 74.9 Å². The molecule has 174 valence electrons. The van der Waals surface area contributed by atoms with Crippen LogP contribution in [0.1, 0.15) is 34.1 Å². The van der Waals surface area contributed by atoms with Crippen LogP contribution in [0.5, 0.6) is 0 Å². The van der Waals surface area contributed by atoms with E-state index in [0.717, 1.165) is 40.7 Å². The zero-order chi connectivity index (χ0) is 24.2. The summed E-state index contributed by atoms with van der Waals surface area (Å²) >= 11 is 2.48. The van der Waals surface area contributed by atoms with E-state index in [1.807, 2.05) is 19.1 Å². The van der Waals surface area contributed by atoms with Crippen LogP contribution in [0.2, 0.25) is 0 Å². The maximum Gasteiger partial charge on any atom is 0.284 e. The van der Waals surface area contributed by atoms with Gasteiger partial charge in [0.05, 0.1) is 15.5 Å². The largest absolute Gasteiger partial charge is 0.311 e. The van der Waals surface area contributed by atoms with E-state index in [-0.39, 0.29) is 11.3 Å². The number of carbonyl (C=O) groups is 1. The predicted octanol–water partition coefficient (Wildman–Crippen LogP) is 5.51. The van der Waals surface area contributed by atoms with Crippen molar-refractivity contribution in [3.63, 3.8) is 0 Å². The van der Waals surface area contributed by atoms with E-state index >= 15 is 0 Å². The fraction of sp³-hybridized carbons (Fsp3) is 0.217. The smallest absolute Gasteiger partial charge is 0.284 e.